The van der Waals surface area contributed by atoms with Gasteiger partial charge < -0.3 is 25.7 Å². The van der Waals surface area contributed by atoms with Crippen LogP contribution in [0.25, 0.3) is 0 Å². The highest BCUT2D eigenvalue weighted by Crippen LogP contribution is 2.23. The third kappa shape index (κ3) is 3.11. The van der Waals surface area contributed by atoms with Crippen LogP contribution < -0.4 is 5.32 Å². The van der Waals surface area contributed by atoms with Gasteiger partial charge >= 0.3 is 5.97 Å². The summed E-state index contributed by atoms with van der Waals surface area (Å²) in [6.07, 6.45) is 0. The van der Waals surface area contributed by atoms with Crippen molar-refractivity contribution in [2.75, 3.05) is 25.1 Å². The fourth-order valence-electron chi connectivity index (χ4n) is 1.34. The van der Waals surface area contributed by atoms with E-state index in [1.807, 2.05) is 0 Å². The van der Waals surface area contributed by atoms with Crippen molar-refractivity contribution in [3.63, 3.8) is 0 Å². The molecule has 1 rings (SSSR count). The van der Waals surface area contributed by atoms with E-state index in [1.54, 1.807) is 0 Å². The summed E-state index contributed by atoms with van der Waals surface area (Å²) in [6.45, 7) is -1.46. The summed E-state index contributed by atoms with van der Waals surface area (Å²) in [7, 11) is 0. The fraction of sp³-hybridized carbons (Fsp3) is 0.364. The Hall–Kier alpha value is -1.34. The van der Waals surface area contributed by atoms with E-state index in [-0.39, 0.29) is 10.6 Å². The fourth-order valence-corrected chi connectivity index (χ4v) is 1.60. The van der Waals surface area contributed by atoms with Crippen LogP contribution in [0, 0.1) is 0 Å². The lowest BCUT2D eigenvalue weighted by molar-refractivity contribution is 0.0696. The molecular weight excluding hydrogens is 262 g/mol. The maximum Gasteiger partial charge on any atom is 0.337 e. The predicted molar refractivity (Wildman–Crippen MR) is 66.0 cm³/mol. The molecule has 18 heavy (non-hydrogen) atoms. The molecular formula is C11H14ClNO5. The number of aromatic carboxylic acids is 1. The van der Waals surface area contributed by atoms with Crippen LogP contribution in [0.1, 0.15) is 10.4 Å². The van der Waals surface area contributed by atoms with Crippen molar-refractivity contribution in [3.05, 3.63) is 28.8 Å². The Morgan fingerprint density at radius 3 is 2.17 bits per heavy atom. The van der Waals surface area contributed by atoms with Gasteiger partial charge in [0.1, 0.15) is 5.54 Å². The van der Waals surface area contributed by atoms with Gasteiger partial charge in [0.05, 0.1) is 30.4 Å². The van der Waals surface area contributed by atoms with Gasteiger partial charge in [-0.25, -0.2) is 4.79 Å². The number of carboxylic acids is 1. The summed E-state index contributed by atoms with van der Waals surface area (Å²) in [5, 5.41) is 39.0. The number of anilines is 1. The lowest BCUT2D eigenvalue weighted by Crippen LogP contribution is -2.49. The lowest BCUT2D eigenvalue weighted by Gasteiger charge is -2.30. The molecule has 0 atom stereocenters. The average molecular weight is 276 g/mol. The molecule has 0 spiro atoms. The predicted octanol–water partition coefficient (Wildman–Crippen LogP) is 0.166. The molecule has 0 unspecified atom stereocenters. The molecule has 0 saturated carbocycles. The van der Waals surface area contributed by atoms with Crippen LogP contribution in [0.5, 0.6) is 0 Å². The van der Waals surface area contributed by atoms with Crippen molar-refractivity contribution in [1.82, 2.24) is 0 Å². The number of benzene rings is 1. The van der Waals surface area contributed by atoms with Crippen molar-refractivity contribution in [1.29, 1.82) is 0 Å². The number of hydrogen-bond donors (Lipinski definition) is 5. The van der Waals surface area contributed by atoms with Gasteiger partial charge in [-0.1, -0.05) is 11.6 Å². The van der Waals surface area contributed by atoms with Crippen LogP contribution in [-0.4, -0.2) is 51.8 Å². The van der Waals surface area contributed by atoms with E-state index < -0.39 is 31.3 Å². The number of aliphatic hydroxyl groups is 3. The number of carbonyl (C=O) groups is 1. The van der Waals surface area contributed by atoms with Crippen LogP contribution in [0.4, 0.5) is 5.69 Å². The quantitative estimate of drug-likeness (QED) is 0.506. The second-order valence-corrected chi connectivity index (χ2v) is 4.29. The van der Waals surface area contributed by atoms with Crippen LogP contribution in [0.2, 0.25) is 5.02 Å². The molecule has 0 heterocycles. The Morgan fingerprint density at radius 2 is 1.78 bits per heavy atom. The number of halogens is 1. The molecule has 0 fully saturated rings. The molecule has 0 aromatic heterocycles. The van der Waals surface area contributed by atoms with E-state index in [2.05, 4.69) is 5.32 Å². The Bertz CT molecular complexity index is 425. The Morgan fingerprint density at radius 1 is 1.22 bits per heavy atom. The molecule has 0 bridgehead atoms. The maximum atomic E-state index is 10.8. The largest absolute Gasteiger partial charge is 0.478 e. The first-order chi connectivity index (χ1) is 8.48. The normalized spacial score (nSPS) is 11.3. The minimum absolute atomic E-state index is 0.0234. The zero-order valence-corrected chi connectivity index (χ0v) is 10.2. The zero-order valence-electron chi connectivity index (χ0n) is 9.43. The van der Waals surface area contributed by atoms with E-state index in [4.69, 9.17) is 32.0 Å². The first-order valence-corrected chi connectivity index (χ1v) is 5.49. The van der Waals surface area contributed by atoms with Gasteiger partial charge in [0.25, 0.3) is 0 Å². The summed E-state index contributed by atoms with van der Waals surface area (Å²) in [5.41, 5.74) is -0.944. The number of aliphatic hydroxyl groups excluding tert-OH is 3. The first-order valence-electron chi connectivity index (χ1n) is 5.11. The van der Waals surface area contributed by atoms with Gasteiger partial charge in [0, 0.05) is 5.69 Å². The van der Waals surface area contributed by atoms with E-state index in [0.717, 1.165) is 0 Å². The van der Waals surface area contributed by atoms with Crippen LogP contribution in [0.15, 0.2) is 18.2 Å². The lowest BCUT2D eigenvalue weighted by atomic mass is 10.0. The summed E-state index contributed by atoms with van der Waals surface area (Å²) in [6, 6.07) is 4.08. The molecule has 5 N–H and O–H groups in total. The van der Waals surface area contributed by atoms with E-state index in [1.165, 1.54) is 18.2 Å². The second kappa shape index (κ2) is 6.01. The summed E-state index contributed by atoms with van der Waals surface area (Å²) < 4.78 is 0. The molecule has 100 valence electrons. The smallest absolute Gasteiger partial charge is 0.337 e. The summed E-state index contributed by atoms with van der Waals surface area (Å²) in [5.74, 6) is -1.15. The molecule has 1 aromatic rings. The number of hydrogen-bond acceptors (Lipinski definition) is 5. The third-order valence-electron chi connectivity index (χ3n) is 2.52. The topological polar surface area (TPSA) is 110 Å². The molecule has 0 aliphatic rings. The van der Waals surface area contributed by atoms with Crippen molar-refractivity contribution in [3.8, 4) is 0 Å². The van der Waals surface area contributed by atoms with E-state index >= 15 is 0 Å². The van der Waals surface area contributed by atoms with Crippen LogP contribution in [0.3, 0.4) is 0 Å². The second-order valence-electron chi connectivity index (χ2n) is 3.88. The molecule has 7 heteroatoms. The molecule has 0 saturated heterocycles. The van der Waals surface area contributed by atoms with Crippen molar-refractivity contribution in [2.24, 2.45) is 0 Å². The standard InChI is InChI=1S/C11H14ClNO5/c12-9-3-7(1-2-8(9)10(17)18)13-11(4-14,5-15)6-16/h1-3,13-16H,4-6H2,(H,17,18). The average Bonchev–Trinajstić information content (AvgIpc) is 2.36. The minimum Gasteiger partial charge on any atom is -0.478 e. The van der Waals surface area contributed by atoms with Gasteiger partial charge in [-0.2, -0.15) is 0 Å². The zero-order chi connectivity index (χ0) is 13.8. The molecule has 0 amide bonds. The first kappa shape index (κ1) is 14.7. The molecule has 1 aromatic carbocycles. The minimum atomic E-state index is -1.28. The van der Waals surface area contributed by atoms with Gasteiger partial charge in [0.15, 0.2) is 0 Å². The molecule has 0 radical (unpaired) electrons. The Kier molecular flexibility index (Phi) is 4.92. The van der Waals surface area contributed by atoms with Crippen LogP contribution >= 0.6 is 11.6 Å². The number of carboxylic acid groups (broad SMARTS) is 1. The van der Waals surface area contributed by atoms with Crippen molar-refractivity contribution >= 4 is 23.3 Å². The molecule has 6 nitrogen and oxygen atoms in total. The Labute approximate surface area is 108 Å². The Balaban J connectivity index is 2.98. The van der Waals surface area contributed by atoms with Gasteiger partial charge in [-0.05, 0) is 18.2 Å². The van der Waals surface area contributed by atoms with Gasteiger partial charge in [-0.3, -0.25) is 0 Å². The summed E-state index contributed by atoms with van der Waals surface area (Å²) >= 11 is 5.77. The maximum absolute atomic E-state index is 10.8. The monoisotopic (exact) mass is 275 g/mol. The summed E-state index contributed by atoms with van der Waals surface area (Å²) in [4.78, 5) is 10.8. The van der Waals surface area contributed by atoms with Crippen molar-refractivity contribution in [2.45, 2.75) is 5.54 Å². The molecule has 0 aliphatic carbocycles. The van der Waals surface area contributed by atoms with E-state index in [9.17, 15) is 4.79 Å². The highest BCUT2D eigenvalue weighted by atomic mass is 35.5. The van der Waals surface area contributed by atoms with Gasteiger partial charge in [0.2, 0.25) is 0 Å². The highest BCUT2D eigenvalue weighted by Gasteiger charge is 2.27. The van der Waals surface area contributed by atoms with Crippen molar-refractivity contribution < 1.29 is 25.2 Å². The van der Waals surface area contributed by atoms with Gasteiger partial charge in [-0.15, -0.1) is 0 Å². The third-order valence-corrected chi connectivity index (χ3v) is 2.83. The van der Waals surface area contributed by atoms with Crippen LogP contribution in [-0.2, 0) is 0 Å². The van der Waals surface area contributed by atoms with E-state index in [0.29, 0.717) is 5.69 Å². The molecule has 0 aliphatic heterocycles. The number of nitrogens with one attached hydrogen (secondary N) is 1. The SMILES string of the molecule is O=C(O)c1ccc(NC(CO)(CO)CO)cc1Cl. The number of rotatable bonds is 6. The highest BCUT2D eigenvalue weighted by molar-refractivity contribution is 6.33.